The van der Waals surface area contributed by atoms with Gasteiger partial charge in [-0.2, -0.15) is 5.10 Å². The van der Waals surface area contributed by atoms with Gasteiger partial charge in [-0.15, -0.1) is 0 Å². The maximum Gasteiger partial charge on any atom is 0.315 e. The number of carbonyl (C=O) groups excluding carboxylic acids is 2. The van der Waals surface area contributed by atoms with E-state index >= 15 is 0 Å². The smallest absolute Gasteiger partial charge is 0.315 e. The fourth-order valence-electron chi connectivity index (χ4n) is 2.41. The van der Waals surface area contributed by atoms with Crippen LogP contribution in [0.4, 0.5) is 11.4 Å². The molecule has 3 N–H and O–H groups in total. The molecule has 0 bridgehead atoms. The van der Waals surface area contributed by atoms with Gasteiger partial charge in [0.1, 0.15) is 5.75 Å². The molecule has 0 aliphatic heterocycles. The first-order valence-electron chi connectivity index (χ1n) is 8.64. The molecule has 30 heavy (non-hydrogen) atoms. The molecular weight excluding hydrogens is 507 g/mol. The molecule has 2 rings (SSSR count). The first-order valence-corrected chi connectivity index (χ1v) is 9.72. The fourth-order valence-corrected chi connectivity index (χ4v) is 3.05. The van der Waals surface area contributed by atoms with Gasteiger partial charge in [0.15, 0.2) is 0 Å². The summed E-state index contributed by atoms with van der Waals surface area (Å²) in [6, 6.07) is 7.98. The lowest BCUT2D eigenvalue weighted by Gasteiger charge is -2.08. The second kappa shape index (κ2) is 10.5. The normalized spacial score (nSPS) is 10.6. The van der Waals surface area contributed by atoms with Crippen LogP contribution >= 0.6 is 22.6 Å². The number of methoxy groups -OCH3 is 1. The topological polar surface area (TPSA) is 143 Å². The Morgan fingerprint density at radius 1 is 1.27 bits per heavy atom. The molecule has 11 heteroatoms. The van der Waals surface area contributed by atoms with Gasteiger partial charge in [-0.05, 0) is 59.3 Å². The van der Waals surface area contributed by atoms with E-state index in [9.17, 15) is 24.8 Å². The molecule has 158 valence electrons. The number of anilines is 1. The van der Waals surface area contributed by atoms with Crippen molar-refractivity contribution in [3.05, 3.63) is 55.1 Å². The van der Waals surface area contributed by atoms with Crippen molar-refractivity contribution in [1.29, 1.82) is 0 Å². The molecule has 0 aliphatic carbocycles. The number of hydrogen-bond acceptors (Lipinski definition) is 7. The Morgan fingerprint density at radius 3 is 2.60 bits per heavy atom. The van der Waals surface area contributed by atoms with Crippen molar-refractivity contribution in [2.45, 2.75) is 19.8 Å². The molecule has 0 unspecified atom stereocenters. The summed E-state index contributed by atoms with van der Waals surface area (Å²) in [4.78, 5) is 34.1. The number of nitro groups is 1. The molecule has 0 saturated carbocycles. The Hall–Kier alpha value is -3.22. The first kappa shape index (κ1) is 23.1. The minimum atomic E-state index is -0.762. The maximum atomic E-state index is 12.0. The number of amides is 2. The quantitative estimate of drug-likeness (QED) is 0.209. The van der Waals surface area contributed by atoms with Crippen molar-refractivity contribution in [3.63, 3.8) is 0 Å². The number of ether oxygens (including phenoxy) is 1. The van der Waals surface area contributed by atoms with Crippen LogP contribution in [0.1, 0.15) is 24.0 Å². The Kier molecular flexibility index (Phi) is 8.09. The molecule has 2 amide bonds. The molecule has 0 aromatic heterocycles. The second-order valence-corrected chi connectivity index (χ2v) is 7.39. The molecule has 0 spiro atoms. The summed E-state index contributed by atoms with van der Waals surface area (Å²) in [5, 5.41) is 27.3. The van der Waals surface area contributed by atoms with Gasteiger partial charge in [-0.1, -0.05) is 0 Å². The van der Waals surface area contributed by atoms with Crippen LogP contribution in [0.5, 0.6) is 11.5 Å². The van der Waals surface area contributed by atoms with E-state index in [0.29, 0.717) is 5.69 Å². The van der Waals surface area contributed by atoms with Gasteiger partial charge in [0.2, 0.25) is 17.6 Å². The molecule has 0 heterocycles. The molecule has 10 nitrogen and oxygen atoms in total. The highest BCUT2D eigenvalue weighted by atomic mass is 127. The summed E-state index contributed by atoms with van der Waals surface area (Å²) in [6.07, 6.45) is 0.886. The first-order chi connectivity index (χ1) is 14.2. The van der Waals surface area contributed by atoms with Crippen molar-refractivity contribution < 1.29 is 24.4 Å². The highest BCUT2D eigenvalue weighted by Crippen LogP contribution is 2.33. The number of hydrazone groups is 1. The zero-order valence-electron chi connectivity index (χ0n) is 16.1. The maximum absolute atomic E-state index is 12.0. The second-order valence-electron chi connectivity index (χ2n) is 6.14. The number of aromatic hydroxyl groups is 1. The number of hydrogen-bond donors (Lipinski definition) is 3. The van der Waals surface area contributed by atoms with Gasteiger partial charge < -0.3 is 15.2 Å². The summed E-state index contributed by atoms with van der Waals surface area (Å²) in [6.45, 7) is 1.87. The molecule has 0 saturated heterocycles. The molecule has 0 radical (unpaired) electrons. The van der Waals surface area contributed by atoms with Crippen molar-refractivity contribution >= 4 is 52.0 Å². The van der Waals surface area contributed by atoms with E-state index in [4.69, 9.17) is 4.74 Å². The summed E-state index contributed by atoms with van der Waals surface area (Å²) in [5.41, 5.74) is 3.24. The van der Waals surface area contributed by atoms with E-state index in [2.05, 4.69) is 38.4 Å². The largest absolute Gasteiger partial charge is 0.502 e. The van der Waals surface area contributed by atoms with Crippen LogP contribution in [0.2, 0.25) is 0 Å². The summed E-state index contributed by atoms with van der Waals surface area (Å²) >= 11 is 2.17. The van der Waals surface area contributed by atoms with Gasteiger partial charge in [-0.3, -0.25) is 19.7 Å². The Morgan fingerprint density at radius 2 is 1.97 bits per heavy atom. The number of rotatable bonds is 8. The lowest BCUT2D eigenvalue weighted by atomic mass is 10.1. The van der Waals surface area contributed by atoms with E-state index in [1.807, 2.05) is 19.1 Å². The molecule has 0 aliphatic rings. The van der Waals surface area contributed by atoms with Crippen LogP contribution in [-0.2, 0) is 9.59 Å². The predicted molar refractivity (Wildman–Crippen MR) is 119 cm³/mol. The zero-order chi connectivity index (χ0) is 22.3. The number of nitrogens with zero attached hydrogens (tertiary/aromatic N) is 2. The summed E-state index contributed by atoms with van der Waals surface area (Å²) in [7, 11) is 1.32. The Labute approximate surface area is 185 Å². The fraction of sp³-hybridized carbons (Fsp3) is 0.211. The number of aryl methyl sites for hydroxylation is 1. The van der Waals surface area contributed by atoms with Gasteiger partial charge in [0.25, 0.3) is 0 Å². The van der Waals surface area contributed by atoms with Crippen molar-refractivity contribution in [2.75, 3.05) is 12.4 Å². The van der Waals surface area contributed by atoms with Gasteiger partial charge in [0.05, 0.1) is 24.3 Å². The number of nitro benzene ring substituents is 1. The number of phenolic OH excluding ortho intramolecular Hbond substituents is 1. The Balaban J connectivity index is 1.91. The SMILES string of the molecule is COc1cc(/C=N/NC(=O)CCC(=O)Nc2ccc(I)cc2C)c(O)c([N+](=O)[O-])c1. The number of carbonyl (C=O) groups is 2. The standard InChI is InChI=1S/C19H19IN4O6/c1-11-7-13(20)3-4-15(11)22-17(25)5-6-18(26)23-21-10-12-8-14(30-2)9-16(19(12)27)24(28)29/h3-4,7-10,27H,5-6H2,1-2H3,(H,22,25)(H,23,26)/b21-10+. The highest BCUT2D eigenvalue weighted by Gasteiger charge is 2.18. The monoisotopic (exact) mass is 526 g/mol. The lowest BCUT2D eigenvalue weighted by molar-refractivity contribution is -0.385. The molecule has 2 aromatic rings. The minimum absolute atomic E-state index is 0.00622. The summed E-state index contributed by atoms with van der Waals surface area (Å²) < 4.78 is 6.00. The summed E-state index contributed by atoms with van der Waals surface area (Å²) in [5.74, 6) is -1.31. The van der Waals surface area contributed by atoms with Crippen LogP contribution in [0.3, 0.4) is 0 Å². The van der Waals surface area contributed by atoms with Crippen LogP contribution in [-0.4, -0.2) is 35.2 Å². The third-order valence-corrected chi connectivity index (χ3v) is 4.63. The zero-order valence-corrected chi connectivity index (χ0v) is 18.3. The van der Waals surface area contributed by atoms with Crippen molar-refractivity contribution in [2.24, 2.45) is 5.10 Å². The lowest BCUT2D eigenvalue weighted by Crippen LogP contribution is -2.21. The van der Waals surface area contributed by atoms with E-state index < -0.39 is 22.3 Å². The van der Waals surface area contributed by atoms with Gasteiger partial charge in [-0.25, -0.2) is 5.43 Å². The minimum Gasteiger partial charge on any atom is -0.502 e. The Bertz CT molecular complexity index is 1010. The van der Waals surface area contributed by atoms with Gasteiger partial charge in [0, 0.05) is 27.7 Å². The van der Waals surface area contributed by atoms with E-state index in [1.54, 1.807) is 6.07 Å². The van der Waals surface area contributed by atoms with E-state index in [-0.39, 0.29) is 30.1 Å². The molecule has 2 aromatic carbocycles. The molecular formula is C19H19IN4O6. The average Bonchev–Trinajstić information content (AvgIpc) is 2.69. The molecule has 0 atom stereocenters. The van der Waals surface area contributed by atoms with Gasteiger partial charge >= 0.3 is 5.69 Å². The third-order valence-electron chi connectivity index (χ3n) is 3.96. The number of benzene rings is 2. The van der Waals surface area contributed by atoms with Crippen LogP contribution in [0.15, 0.2) is 35.4 Å². The average molecular weight is 526 g/mol. The third kappa shape index (κ3) is 6.40. The number of phenols is 1. The number of nitrogens with one attached hydrogen (secondary N) is 2. The van der Waals surface area contributed by atoms with Crippen LogP contribution in [0, 0.1) is 20.6 Å². The van der Waals surface area contributed by atoms with Crippen molar-refractivity contribution in [1.82, 2.24) is 5.43 Å². The van der Waals surface area contributed by atoms with Crippen molar-refractivity contribution in [3.8, 4) is 11.5 Å². The van der Waals surface area contributed by atoms with E-state index in [1.165, 1.54) is 13.2 Å². The highest BCUT2D eigenvalue weighted by molar-refractivity contribution is 14.1. The van der Waals surface area contributed by atoms with Crippen LogP contribution < -0.4 is 15.5 Å². The molecule has 0 fully saturated rings. The van der Waals surface area contributed by atoms with Crippen LogP contribution in [0.25, 0.3) is 0 Å². The van der Waals surface area contributed by atoms with E-state index in [0.717, 1.165) is 21.4 Å². The number of halogens is 1. The predicted octanol–water partition coefficient (Wildman–Crippen LogP) is 3.09.